The van der Waals surface area contributed by atoms with E-state index in [1.54, 1.807) is 0 Å². The molecule has 5 nitrogen and oxygen atoms in total. The first kappa shape index (κ1) is 23.8. The van der Waals surface area contributed by atoms with Gasteiger partial charge in [-0.3, -0.25) is 4.79 Å². The molecule has 3 rings (SSSR count). The number of anilines is 1. The maximum Gasteiger partial charge on any atom is 0.341 e. The van der Waals surface area contributed by atoms with E-state index < -0.39 is 18.5 Å². The van der Waals surface area contributed by atoms with Crippen molar-refractivity contribution < 1.29 is 19.1 Å². The summed E-state index contributed by atoms with van der Waals surface area (Å²) in [5.74, 6) is -0.542. The number of fused-ring (bicyclic) bond motifs is 1. The second-order valence-corrected chi connectivity index (χ2v) is 9.78. The Balaban J connectivity index is 1.80. The van der Waals surface area contributed by atoms with Crippen molar-refractivity contribution in [1.29, 1.82) is 0 Å². The van der Waals surface area contributed by atoms with Gasteiger partial charge in [0.25, 0.3) is 5.91 Å². The highest BCUT2D eigenvalue weighted by atomic mass is 35.5. The molecule has 1 unspecified atom stereocenters. The number of carbonyl (C=O) groups excluding carboxylic acids is 2. The highest BCUT2D eigenvalue weighted by Gasteiger charge is 2.29. The van der Waals surface area contributed by atoms with Gasteiger partial charge in [0.1, 0.15) is 15.0 Å². The van der Waals surface area contributed by atoms with E-state index in [0.717, 1.165) is 29.7 Å². The molecule has 0 spiro atoms. The standard InChI is InChI=1S/C19H16Cl5NO4S/c1-7-3-4-8-9(5-7)30-18(11(8)19(27)28-2)25-10(26)6-29-17-15(23)13(21)12(20)14(22)16(17)24/h7H,3-6H2,1-2H3,(H,25,26). The van der Waals surface area contributed by atoms with Gasteiger partial charge >= 0.3 is 5.97 Å². The van der Waals surface area contributed by atoms with Crippen molar-refractivity contribution >= 4 is 86.2 Å². The van der Waals surface area contributed by atoms with Crippen LogP contribution in [0.4, 0.5) is 5.00 Å². The van der Waals surface area contributed by atoms with E-state index in [2.05, 4.69) is 12.2 Å². The Morgan fingerprint density at radius 3 is 2.27 bits per heavy atom. The summed E-state index contributed by atoms with van der Waals surface area (Å²) in [6, 6.07) is 0. The Hall–Kier alpha value is -0.890. The van der Waals surface area contributed by atoms with Crippen LogP contribution >= 0.6 is 69.3 Å². The molecule has 11 heteroatoms. The van der Waals surface area contributed by atoms with Crippen LogP contribution in [0, 0.1) is 5.92 Å². The molecule has 1 aliphatic carbocycles. The van der Waals surface area contributed by atoms with Crippen molar-refractivity contribution in [2.45, 2.75) is 26.2 Å². The van der Waals surface area contributed by atoms with Gasteiger partial charge in [-0.2, -0.15) is 0 Å². The molecule has 0 fully saturated rings. The molecule has 1 aliphatic rings. The zero-order chi connectivity index (χ0) is 22.2. The van der Waals surface area contributed by atoms with Crippen molar-refractivity contribution in [1.82, 2.24) is 0 Å². The molecule has 0 radical (unpaired) electrons. The number of halogens is 5. The van der Waals surface area contributed by atoms with Crippen molar-refractivity contribution in [2.75, 3.05) is 19.0 Å². The predicted octanol–water partition coefficient (Wildman–Crippen LogP) is 6.94. The molecule has 0 saturated carbocycles. The number of carbonyl (C=O) groups is 2. The van der Waals surface area contributed by atoms with Gasteiger partial charge in [-0.05, 0) is 30.7 Å². The number of amides is 1. The predicted molar refractivity (Wildman–Crippen MR) is 122 cm³/mol. The number of benzene rings is 1. The molecule has 2 aromatic rings. The lowest BCUT2D eigenvalue weighted by molar-refractivity contribution is -0.118. The van der Waals surface area contributed by atoms with Gasteiger partial charge in [0.15, 0.2) is 12.4 Å². The number of rotatable bonds is 5. The molecule has 1 aromatic carbocycles. The largest absolute Gasteiger partial charge is 0.481 e. The van der Waals surface area contributed by atoms with Gasteiger partial charge in [0.05, 0.1) is 27.7 Å². The molecule has 30 heavy (non-hydrogen) atoms. The molecule has 0 bridgehead atoms. The maximum absolute atomic E-state index is 12.5. The zero-order valence-electron chi connectivity index (χ0n) is 15.8. The number of ether oxygens (including phenoxy) is 2. The van der Waals surface area contributed by atoms with E-state index in [0.29, 0.717) is 16.5 Å². The molecule has 1 atom stereocenters. The van der Waals surface area contributed by atoms with Gasteiger partial charge < -0.3 is 14.8 Å². The number of thiophene rings is 1. The summed E-state index contributed by atoms with van der Waals surface area (Å²) in [7, 11) is 1.31. The molecule has 1 aromatic heterocycles. The highest BCUT2D eigenvalue weighted by Crippen LogP contribution is 2.48. The molecule has 0 saturated heterocycles. The summed E-state index contributed by atoms with van der Waals surface area (Å²) in [5.41, 5.74) is 1.33. The van der Waals surface area contributed by atoms with E-state index >= 15 is 0 Å². The Kier molecular flexibility index (Phi) is 7.70. The molecule has 1 amide bonds. The number of hydrogen-bond donors (Lipinski definition) is 1. The minimum Gasteiger partial charge on any atom is -0.481 e. The second-order valence-electron chi connectivity index (χ2n) is 6.78. The van der Waals surface area contributed by atoms with E-state index in [1.165, 1.54) is 18.4 Å². The normalized spacial score (nSPS) is 15.5. The van der Waals surface area contributed by atoms with E-state index in [4.69, 9.17) is 67.5 Å². The average molecular weight is 532 g/mol. The summed E-state index contributed by atoms with van der Waals surface area (Å²) >= 11 is 31.6. The molecule has 1 heterocycles. The summed E-state index contributed by atoms with van der Waals surface area (Å²) in [5, 5.41) is 2.97. The van der Waals surface area contributed by atoms with Crippen molar-refractivity contribution in [3.63, 3.8) is 0 Å². The summed E-state index contributed by atoms with van der Waals surface area (Å²) < 4.78 is 10.4. The first-order valence-electron chi connectivity index (χ1n) is 8.82. The summed E-state index contributed by atoms with van der Waals surface area (Å²) in [6.07, 6.45) is 2.58. The van der Waals surface area contributed by atoms with Crippen LogP contribution in [0.5, 0.6) is 5.75 Å². The third-order valence-corrected chi connectivity index (χ3v) is 8.08. The number of methoxy groups -OCH3 is 1. The SMILES string of the molecule is COC(=O)c1c(NC(=O)COc2c(Cl)c(Cl)c(Cl)c(Cl)c2Cl)sc2c1CCC(C)C2. The van der Waals surface area contributed by atoms with Gasteiger partial charge in [-0.1, -0.05) is 64.9 Å². The third-order valence-electron chi connectivity index (χ3n) is 4.67. The average Bonchev–Trinajstić information content (AvgIpc) is 3.06. The Morgan fingerprint density at radius 1 is 1.07 bits per heavy atom. The lowest BCUT2D eigenvalue weighted by Crippen LogP contribution is -2.21. The Bertz CT molecular complexity index is 994. The maximum atomic E-state index is 12.5. The quantitative estimate of drug-likeness (QED) is 0.258. The van der Waals surface area contributed by atoms with Crippen molar-refractivity contribution in [2.24, 2.45) is 5.92 Å². The number of hydrogen-bond acceptors (Lipinski definition) is 5. The topological polar surface area (TPSA) is 64.6 Å². The van der Waals surface area contributed by atoms with E-state index in [-0.39, 0.29) is 30.9 Å². The first-order chi connectivity index (χ1) is 14.1. The second kappa shape index (κ2) is 9.72. The minimum atomic E-state index is -0.513. The fraction of sp³-hybridized carbons (Fsp3) is 0.368. The summed E-state index contributed by atoms with van der Waals surface area (Å²) in [6.45, 7) is 1.72. The Morgan fingerprint density at radius 2 is 1.67 bits per heavy atom. The van der Waals surface area contributed by atoms with Crippen molar-refractivity contribution in [3.8, 4) is 5.75 Å². The first-order valence-corrected chi connectivity index (χ1v) is 11.5. The molecule has 0 aliphatic heterocycles. The minimum absolute atomic E-state index is 0.00810. The van der Waals surface area contributed by atoms with E-state index in [1.807, 2.05) is 0 Å². The van der Waals surface area contributed by atoms with Gasteiger partial charge in [-0.25, -0.2) is 4.79 Å². The van der Waals surface area contributed by atoms with Crippen LogP contribution in [0.15, 0.2) is 0 Å². The van der Waals surface area contributed by atoms with Crippen LogP contribution in [0.3, 0.4) is 0 Å². The van der Waals surface area contributed by atoms with Crippen LogP contribution < -0.4 is 10.1 Å². The molecule has 162 valence electrons. The lowest BCUT2D eigenvalue weighted by atomic mass is 9.88. The number of esters is 1. The summed E-state index contributed by atoms with van der Waals surface area (Å²) in [4.78, 5) is 25.9. The molecule has 1 N–H and O–H groups in total. The zero-order valence-corrected chi connectivity index (χ0v) is 20.4. The molecular weight excluding hydrogens is 516 g/mol. The van der Waals surface area contributed by atoms with Gasteiger partial charge in [-0.15, -0.1) is 11.3 Å². The van der Waals surface area contributed by atoms with Crippen LogP contribution in [0.25, 0.3) is 0 Å². The molecular formula is C19H16Cl5NO4S. The Labute approximate surface area is 202 Å². The number of nitrogens with one attached hydrogen (secondary N) is 1. The lowest BCUT2D eigenvalue weighted by Gasteiger charge is -2.18. The van der Waals surface area contributed by atoms with Gasteiger partial charge in [0, 0.05) is 4.88 Å². The monoisotopic (exact) mass is 529 g/mol. The van der Waals surface area contributed by atoms with Crippen LogP contribution in [0.2, 0.25) is 25.1 Å². The fourth-order valence-corrected chi connectivity index (χ4v) is 5.81. The van der Waals surface area contributed by atoms with Gasteiger partial charge in [0.2, 0.25) is 0 Å². The van der Waals surface area contributed by atoms with Crippen molar-refractivity contribution in [3.05, 3.63) is 41.1 Å². The van der Waals surface area contributed by atoms with Crippen LogP contribution in [-0.2, 0) is 22.4 Å². The third kappa shape index (κ3) is 4.64. The fourth-order valence-electron chi connectivity index (χ4n) is 3.17. The van der Waals surface area contributed by atoms with Crippen LogP contribution in [0.1, 0.15) is 34.1 Å². The van der Waals surface area contributed by atoms with Crippen LogP contribution in [-0.4, -0.2) is 25.6 Å². The van der Waals surface area contributed by atoms with E-state index in [9.17, 15) is 9.59 Å². The smallest absolute Gasteiger partial charge is 0.341 e. The highest BCUT2D eigenvalue weighted by molar-refractivity contribution is 7.17.